The summed E-state index contributed by atoms with van der Waals surface area (Å²) in [6, 6.07) is -0.283. The van der Waals surface area contributed by atoms with E-state index in [1.165, 1.54) is 63.5 Å². The third-order valence-corrected chi connectivity index (χ3v) is 6.13. The van der Waals surface area contributed by atoms with Crippen molar-refractivity contribution in [2.75, 3.05) is 11.5 Å². The largest absolute Gasteiger partial charge is 0.321 e. The lowest BCUT2D eigenvalue weighted by molar-refractivity contribution is -0.108. The van der Waals surface area contributed by atoms with Gasteiger partial charge in [0.1, 0.15) is 6.29 Å². The average Bonchev–Trinajstić information content (AvgIpc) is 2.89. The molecule has 1 unspecified atom stereocenters. The van der Waals surface area contributed by atoms with E-state index in [1.54, 1.807) is 10.8 Å². The van der Waals surface area contributed by atoms with Crippen LogP contribution >= 0.6 is 21.6 Å². The first-order chi connectivity index (χ1) is 8.83. The standard InChI is InChI=1S/C14H27NOS2/c15-14(11-16)12-18-17-10-6-2-1-3-7-13-8-4-5-9-13/h11,13-14H,1-10,12,15H2. The van der Waals surface area contributed by atoms with Gasteiger partial charge in [-0.05, 0) is 12.3 Å². The summed E-state index contributed by atoms with van der Waals surface area (Å²) in [5, 5.41) is 0. The van der Waals surface area contributed by atoms with Gasteiger partial charge in [0, 0.05) is 11.5 Å². The maximum Gasteiger partial charge on any atom is 0.137 e. The van der Waals surface area contributed by atoms with Crippen LogP contribution in [-0.2, 0) is 4.79 Å². The zero-order valence-corrected chi connectivity index (χ0v) is 12.9. The molecule has 18 heavy (non-hydrogen) atoms. The number of carbonyl (C=O) groups excluding carboxylic acids is 1. The molecule has 2 N–H and O–H groups in total. The molecular weight excluding hydrogens is 262 g/mol. The summed E-state index contributed by atoms with van der Waals surface area (Å²) in [6.07, 6.45) is 13.7. The van der Waals surface area contributed by atoms with Gasteiger partial charge in [0.25, 0.3) is 0 Å². The number of hydrogen-bond donors (Lipinski definition) is 1. The van der Waals surface area contributed by atoms with Gasteiger partial charge in [0.05, 0.1) is 6.04 Å². The Morgan fingerprint density at radius 1 is 1.11 bits per heavy atom. The zero-order chi connectivity index (χ0) is 13.1. The zero-order valence-electron chi connectivity index (χ0n) is 11.3. The minimum Gasteiger partial charge on any atom is -0.321 e. The highest BCUT2D eigenvalue weighted by Gasteiger charge is 2.13. The molecule has 2 nitrogen and oxygen atoms in total. The van der Waals surface area contributed by atoms with Crippen LogP contribution in [0.3, 0.4) is 0 Å². The van der Waals surface area contributed by atoms with Crippen LogP contribution in [0.1, 0.15) is 57.8 Å². The Balaban J connectivity index is 1.74. The van der Waals surface area contributed by atoms with E-state index in [9.17, 15) is 4.79 Å². The quantitative estimate of drug-likeness (QED) is 0.354. The van der Waals surface area contributed by atoms with Crippen LogP contribution in [-0.4, -0.2) is 23.8 Å². The normalized spacial score (nSPS) is 18.1. The molecule has 4 heteroatoms. The Kier molecular flexibility index (Phi) is 10.2. The monoisotopic (exact) mass is 289 g/mol. The van der Waals surface area contributed by atoms with E-state index >= 15 is 0 Å². The van der Waals surface area contributed by atoms with Crippen LogP contribution < -0.4 is 5.73 Å². The summed E-state index contributed by atoms with van der Waals surface area (Å²) in [4.78, 5) is 10.3. The smallest absolute Gasteiger partial charge is 0.137 e. The molecule has 0 bridgehead atoms. The van der Waals surface area contributed by atoms with E-state index < -0.39 is 0 Å². The van der Waals surface area contributed by atoms with Crippen molar-refractivity contribution in [1.82, 2.24) is 0 Å². The van der Waals surface area contributed by atoms with E-state index in [-0.39, 0.29) is 6.04 Å². The van der Waals surface area contributed by atoms with E-state index in [1.807, 2.05) is 10.8 Å². The summed E-state index contributed by atoms with van der Waals surface area (Å²) in [6.45, 7) is 0. The number of aldehydes is 1. The van der Waals surface area contributed by atoms with Gasteiger partial charge in [0.15, 0.2) is 0 Å². The van der Waals surface area contributed by atoms with Gasteiger partial charge in [0.2, 0.25) is 0 Å². The molecule has 0 heterocycles. The van der Waals surface area contributed by atoms with Gasteiger partial charge in [-0.15, -0.1) is 0 Å². The van der Waals surface area contributed by atoms with Gasteiger partial charge in [-0.1, -0.05) is 73.0 Å². The fourth-order valence-electron chi connectivity index (χ4n) is 2.47. The van der Waals surface area contributed by atoms with Crippen LogP contribution in [0.15, 0.2) is 0 Å². The summed E-state index contributed by atoms with van der Waals surface area (Å²) >= 11 is 0. The summed E-state index contributed by atoms with van der Waals surface area (Å²) < 4.78 is 0. The Morgan fingerprint density at radius 3 is 2.56 bits per heavy atom. The minimum atomic E-state index is -0.283. The highest BCUT2D eigenvalue weighted by Crippen LogP contribution is 2.29. The third-order valence-electron chi connectivity index (χ3n) is 3.58. The Hall–Kier alpha value is 0.330. The first-order valence-corrected chi connectivity index (χ1v) is 9.77. The van der Waals surface area contributed by atoms with E-state index in [2.05, 4.69) is 0 Å². The van der Waals surface area contributed by atoms with Crippen molar-refractivity contribution in [2.24, 2.45) is 11.7 Å². The number of carbonyl (C=O) groups is 1. The molecule has 0 radical (unpaired) electrons. The fourth-order valence-corrected chi connectivity index (χ4v) is 4.71. The van der Waals surface area contributed by atoms with Crippen LogP contribution in [0.25, 0.3) is 0 Å². The van der Waals surface area contributed by atoms with Crippen molar-refractivity contribution in [3.8, 4) is 0 Å². The molecule has 0 amide bonds. The highest BCUT2D eigenvalue weighted by atomic mass is 33.1. The predicted molar refractivity (Wildman–Crippen MR) is 84.0 cm³/mol. The molecule has 106 valence electrons. The van der Waals surface area contributed by atoms with Gasteiger partial charge in [-0.3, -0.25) is 0 Å². The second-order valence-electron chi connectivity index (χ2n) is 5.26. The van der Waals surface area contributed by atoms with Crippen molar-refractivity contribution in [1.29, 1.82) is 0 Å². The number of nitrogens with two attached hydrogens (primary N) is 1. The maximum atomic E-state index is 10.3. The molecule has 0 aromatic rings. The van der Waals surface area contributed by atoms with Gasteiger partial charge in [-0.2, -0.15) is 0 Å². The van der Waals surface area contributed by atoms with Crippen LogP contribution in [0.5, 0.6) is 0 Å². The van der Waals surface area contributed by atoms with Gasteiger partial charge >= 0.3 is 0 Å². The summed E-state index contributed by atoms with van der Waals surface area (Å²) in [5.41, 5.74) is 5.51. The Morgan fingerprint density at radius 2 is 1.83 bits per heavy atom. The topological polar surface area (TPSA) is 43.1 Å². The molecule has 1 atom stereocenters. The van der Waals surface area contributed by atoms with E-state index in [0.717, 1.165) is 18.0 Å². The molecule has 0 aromatic heterocycles. The SMILES string of the molecule is NC(C=O)CSSCCCCCCC1CCCC1. The van der Waals surface area contributed by atoms with Crippen molar-refractivity contribution in [3.63, 3.8) is 0 Å². The molecule has 1 saturated carbocycles. The lowest BCUT2D eigenvalue weighted by Crippen LogP contribution is -2.23. The van der Waals surface area contributed by atoms with Crippen molar-refractivity contribution >= 4 is 27.9 Å². The molecule has 0 aliphatic heterocycles. The first-order valence-electron chi connectivity index (χ1n) is 7.28. The van der Waals surface area contributed by atoms with Crippen molar-refractivity contribution in [3.05, 3.63) is 0 Å². The molecule has 0 saturated heterocycles. The third kappa shape index (κ3) is 8.44. The molecule has 0 spiro atoms. The molecular formula is C14H27NOS2. The Labute approximate surface area is 120 Å². The maximum absolute atomic E-state index is 10.3. The summed E-state index contributed by atoms with van der Waals surface area (Å²) in [7, 11) is 3.59. The minimum absolute atomic E-state index is 0.283. The van der Waals surface area contributed by atoms with Crippen LogP contribution in [0.4, 0.5) is 0 Å². The highest BCUT2D eigenvalue weighted by molar-refractivity contribution is 8.76. The second-order valence-corrected chi connectivity index (χ2v) is 7.89. The Bertz CT molecular complexity index is 208. The van der Waals surface area contributed by atoms with Crippen molar-refractivity contribution in [2.45, 2.75) is 63.8 Å². The lowest BCUT2D eigenvalue weighted by atomic mass is 10.00. The van der Waals surface area contributed by atoms with E-state index in [4.69, 9.17) is 5.73 Å². The van der Waals surface area contributed by atoms with Gasteiger partial charge < -0.3 is 10.5 Å². The van der Waals surface area contributed by atoms with E-state index in [0.29, 0.717) is 0 Å². The fraction of sp³-hybridized carbons (Fsp3) is 0.929. The number of unbranched alkanes of at least 4 members (excludes halogenated alkanes) is 3. The first kappa shape index (κ1) is 16.4. The number of rotatable bonds is 11. The molecule has 1 rings (SSSR count). The molecule has 1 aliphatic rings. The summed E-state index contributed by atoms with van der Waals surface area (Å²) in [5.74, 6) is 3.00. The van der Waals surface area contributed by atoms with Crippen LogP contribution in [0, 0.1) is 5.92 Å². The molecule has 0 aromatic carbocycles. The predicted octanol–water partition coefficient (Wildman–Crippen LogP) is 4.03. The van der Waals surface area contributed by atoms with Crippen molar-refractivity contribution < 1.29 is 4.79 Å². The molecule has 1 aliphatic carbocycles. The van der Waals surface area contributed by atoms with Crippen LogP contribution in [0.2, 0.25) is 0 Å². The average molecular weight is 290 g/mol. The second kappa shape index (κ2) is 11.2. The number of hydrogen-bond acceptors (Lipinski definition) is 4. The molecule has 1 fully saturated rings. The van der Waals surface area contributed by atoms with Gasteiger partial charge in [-0.25, -0.2) is 0 Å². The lowest BCUT2D eigenvalue weighted by Gasteiger charge is -2.08.